The molecule has 1 aliphatic heterocycles. The number of amides is 1. The van der Waals surface area contributed by atoms with E-state index in [4.69, 9.17) is 5.10 Å². The van der Waals surface area contributed by atoms with Gasteiger partial charge in [0.15, 0.2) is 0 Å². The van der Waals surface area contributed by atoms with Gasteiger partial charge in [-0.1, -0.05) is 46.3 Å². The molecule has 6 heteroatoms. The standard InChI is InChI=1S/C31H33BrN4O/c1-34(2)26-15-11-21(12-16-26)19-23-7-6-10-28-29(23)33-36(31(37)24-8-5-9-25(32)20-24)30(28)22-13-17-27(18-14-22)35(3)4/h5,8-9,11-20,28,30H,6-7,10H2,1-4H3/b23-19+/t28-,30-/m1/s1. The molecule has 190 valence electrons. The van der Waals surface area contributed by atoms with Crippen LogP contribution in [-0.2, 0) is 0 Å². The van der Waals surface area contributed by atoms with Crippen molar-refractivity contribution in [3.8, 4) is 0 Å². The molecule has 1 heterocycles. The number of rotatable bonds is 5. The van der Waals surface area contributed by atoms with Crippen LogP contribution in [0, 0.1) is 5.92 Å². The van der Waals surface area contributed by atoms with Crippen LogP contribution in [0.5, 0.6) is 0 Å². The molecule has 5 nitrogen and oxygen atoms in total. The molecule has 3 aromatic carbocycles. The first-order chi connectivity index (χ1) is 17.8. The third-order valence-electron chi connectivity index (χ3n) is 7.28. The number of hydrogen-bond acceptors (Lipinski definition) is 4. The summed E-state index contributed by atoms with van der Waals surface area (Å²) in [5, 5.41) is 6.79. The molecule has 0 bridgehead atoms. The van der Waals surface area contributed by atoms with Crippen LogP contribution < -0.4 is 9.80 Å². The van der Waals surface area contributed by atoms with Gasteiger partial charge in [-0.05, 0) is 84.5 Å². The second kappa shape index (κ2) is 10.5. The third-order valence-corrected chi connectivity index (χ3v) is 7.78. The second-order valence-electron chi connectivity index (χ2n) is 10.2. The van der Waals surface area contributed by atoms with E-state index in [9.17, 15) is 4.79 Å². The highest BCUT2D eigenvalue weighted by Gasteiger charge is 2.44. The zero-order valence-corrected chi connectivity index (χ0v) is 23.4. The van der Waals surface area contributed by atoms with E-state index >= 15 is 0 Å². The van der Waals surface area contributed by atoms with Gasteiger partial charge < -0.3 is 9.80 Å². The monoisotopic (exact) mass is 556 g/mol. The summed E-state index contributed by atoms with van der Waals surface area (Å²) < 4.78 is 0.885. The van der Waals surface area contributed by atoms with E-state index in [2.05, 4.69) is 94.4 Å². The molecule has 2 atom stereocenters. The van der Waals surface area contributed by atoms with Crippen LogP contribution in [0.25, 0.3) is 6.08 Å². The molecule has 37 heavy (non-hydrogen) atoms. The molecule has 0 saturated heterocycles. The highest BCUT2D eigenvalue weighted by atomic mass is 79.9. The van der Waals surface area contributed by atoms with Gasteiger partial charge in [0.1, 0.15) is 0 Å². The average molecular weight is 558 g/mol. The van der Waals surface area contributed by atoms with Crippen molar-refractivity contribution in [1.29, 1.82) is 0 Å². The van der Waals surface area contributed by atoms with E-state index in [-0.39, 0.29) is 17.9 Å². The molecule has 0 unspecified atom stereocenters. The molecule has 0 spiro atoms. The SMILES string of the molecule is CN(C)c1ccc(/C=C2\CCC[C@@H]3C2=NN(C(=O)c2cccc(Br)c2)[C@@H]3c2ccc(N(C)C)cc2)cc1. The smallest absolute Gasteiger partial charge is 0.274 e. The van der Waals surface area contributed by atoms with Crippen LogP contribution in [0.15, 0.2) is 87.9 Å². The maximum absolute atomic E-state index is 13.8. The number of carbonyl (C=O) groups is 1. The fourth-order valence-corrected chi connectivity index (χ4v) is 5.69. The summed E-state index contributed by atoms with van der Waals surface area (Å²) in [5.74, 6) is 0.0990. The minimum absolute atomic E-state index is 0.0698. The number of hydrazone groups is 1. The fraction of sp³-hybridized carbons (Fsp3) is 0.290. The first kappa shape index (κ1) is 25.3. The Balaban J connectivity index is 1.55. The van der Waals surface area contributed by atoms with E-state index in [0.717, 1.165) is 46.3 Å². The summed E-state index contributed by atoms with van der Waals surface area (Å²) in [6, 6.07) is 24.6. The highest BCUT2D eigenvalue weighted by molar-refractivity contribution is 9.10. The van der Waals surface area contributed by atoms with Gasteiger partial charge in [0, 0.05) is 55.5 Å². The third kappa shape index (κ3) is 5.21. The summed E-state index contributed by atoms with van der Waals surface area (Å²) in [6.07, 6.45) is 5.31. The van der Waals surface area contributed by atoms with Gasteiger partial charge >= 0.3 is 0 Å². The van der Waals surface area contributed by atoms with E-state index in [0.29, 0.717) is 5.56 Å². The minimum atomic E-state index is -0.127. The lowest BCUT2D eigenvalue weighted by Gasteiger charge is -2.30. The van der Waals surface area contributed by atoms with Crippen LogP contribution in [0.3, 0.4) is 0 Å². The van der Waals surface area contributed by atoms with Crippen LogP contribution in [0.2, 0.25) is 0 Å². The van der Waals surface area contributed by atoms with Gasteiger partial charge in [-0.15, -0.1) is 0 Å². The van der Waals surface area contributed by atoms with Crippen molar-refractivity contribution >= 4 is 45.0 Å². The molecule has 0 N–H and O–H groups in total. The Morgan fingerprint density at radius 1 is 0.946 bits per heavy atom. The quantitative estimate of drug-likeness (QED) is 0.339. The minimum Gasteiger partial charge on any atom is -0.378 e. The van der Waals surface area contributed by atoms with Gasteiger partial charge in [-0.25, -0.2) is 5.01 Å². The zero-order chi connectivity index (χ0) is 26.1. The van der Waals surface area contributed by atoms with Crippen molar-refractivity contribution in [1.82, 2.24) is 5.01 Å². The Hall–Kier alpha value is -3.38. The van der Waals surface area contributed by atoms with Crippen molar-refractivity contribution in [3.63, 3.8) is 0 Å². The first-order valence-corrected chi connectivity index (χ1v) is 13.5. The van der Waals surface area contributed by atoms with Crippen LogP contribution in [-0.4, -0.2) is 44.8 Å². The highest BCUT2D eigenvalue weighted by Crippen LogP contribution is 2.45. The molecule has 1 fully saturated rings. The second-order valence-corrected chi connectivity index (χ2v) is 11.1. The van der Waals surface area contributed by atoms with Crippen LogP contribution in [0.4, 0.5) is 11.4 Å². The van der Waals surface area contributed by atoms with E-state index in [1.165, 1.54) is 11.3 Å². The number of nitrogens with zero attached hydrogens (tertiary/aromatic N) is 4. The van der Waals surface area contributed by atoms with Gasteiger partial charge in [0.2, 0.25) is 0 Å². The summed E-state index contributed by atoms with van der Waals surface area (Å²) in [5.41, 5.74) is 7.51. The molecular weight excluding hydrogens is 524 g/mol. The number of carbonyl (C=O) groups excluding carboxylic acids is 1. The number of fused-ring (bicyclic) bond motifs is 1. The number of halogens is 1. The average Bonchev–Trinajstić information content (AvgIpc) is 3.29. The predicted octanol–water partition coefficient (Wildman–Crippen LogP) is 7.02. The maximum Gasteiger partial charge on any atom is 0.274 e. The number of hydrogen-bond donors (Lipinski definition) is 0. The first-order valence-electron chi connectivity index (χ1n) is 12.7. The van der Waals surface area contributed by atoms with Crippen LogP contribution >= 0.6 is 15.9 Å². The molecule has 0 aromatic heterocycles. The molecule has 1 saturated carbocycles. The van der Waals surface area contributed by atoms with Crippen molar-refractivity contribution in [3.05, 3.63) is 99.5 Å². The number of allylic oxidation sites excluding steroid dienone is 1. The summed E-state index contributed by atoms with van der Waals surface area (Å²) in [6.45, 7) is 0. The summed E-state index contributed by atoms with van der Waals surface area (Å²) >= 11 is 3.52. The molecule has 1 amide bonds. The van der Waals surface area contributed by atoms with Crippen molar-refractivity contribution in [2.45, 2.75) is 25.3 Å². The molecule has 2 aliphatic rings. The lowest BCUT2D eigenvalue weighted by atomic mass is 9.77. The Bertz CT molecular complexity index is 1340. The fourth-order valence-electron chi connectivity index (χ4n) is 5.29. The molecular formula is C31H33BrN4O. The van der Waals surface area contributed by atoms with E-state index in [1.807, 2.05) is 38.4 Å². The number of anilines is 2. The molecule has 1 aliphatic carbocycles. The predicted molar refractivity (Wildman–Crippen MR) is 157 cm³/mol. The lowest BCUT2D eigenvalue weighted by molar-refractivity contribution is 0.0681. The van der Waals surface area contributed by atoms with Gasteiger partial charge in [-0.3, -0.25) is 4.79 Å². The molecule has 5 rings (SSSR count). The van der Waals surface area contributed by atoms with Gasteiger partial charge in [-0.2, -0.15) is 5.10 Å². The Labute approximate surface area is 228 Å². The summed E-state index contributed by atoms with van der Waals surface area (Å²) in [7, 11) is 8.18. The van der Waals surface area contributed by atoms with E-state index in [1.54, 1.807) is 5.01 Å². The lowest BCUT2D eigenvalue weighted by Crippen LogP contribution is -2.32. The maximum atomic E-state index is 13.8. The largest absolute Gasteiger partial charge is 0.378 e. The Morgan fingerprint density at radius 3 is 2.22 bits per heavy atom. The molecule has 0 radical (unpaired) electrons. The normalized spacial score (nSPS) is 20.0. The zero-order valence-electron chi connectivity index (χ0n) is 21.9. The van der Waals surface area contributed by atoms with Gasteiger partial charge in [0.05, 0.1) is 11.8 Å². The number of benzene rings is 3. The topological polar surface area (TPSA) is 39.1 Å². The van der Waals surface area contributed by atoms with Crippen molar-refractivity contribution in [2.24, 2.45) is 11.0 Å². The Kier molecular flexibility index (Phi) is 7.20. The van der Waals surface area contributed by atoms with Crippen LogP contribution in [0.1, 0.15) is 46.8 Å². The van der Waals surface area contributed by atoms with E-state index < -0.39 is 0 Å². The Morgan fingerprint density at radius 2 is 1.59 bits per heavy atom. The summed E-state index contributed by atoms with van der Waals surface area (Å²) in [4.78, 5) is 18.0. The van der Waals surface area contributed by atoms with Crippen molar-refractivity contribution in [2.75, 3.05) is 38.0 Å². The van der Waals surface area contributed by atoms with Crippen molar-refractivity contribution < 1.29 is 4.79 Å². The van der Waals surface area contributed by atoms with Gasteiger partial charge in [0.25, 0.3) is 5.91 Å². The molecule has 3 aromatic rings.